The van der Waals surface area contributed by atoms with Crippen molar-refractivity contribution in [2.45, 2.75) is 25.3 Å². The molecule has 1 saturated heterocycles. The van der Waals surface area contributed by atoms with Gasteiger partial charge in [-0.2, -0.15) is 9.61 Å². The lowest BCUT2D eigenvalue weighted by Gasteiger charge is -2.15. The van der Waals surface area contributed by atoms with Crippen LogP contribution in [0.15, 0.2) is 17.8 Å². The number of rotatable bonds is 4. The van der Waals surface area contributed by atoms with Crippen molar-refractivity contribution in [1.29, 1.82) is 0 Å². The van der Waals surface area contributed by atoms with Crippen molar-refractivity contribution in [3.05, 3.63) is 23.4 Å². The van der Waals surface area contributed by atoms with Crippen molar-refractivity contribution >= 4 is 35.2 Å². The Morgan fingerprint density at radius 3 is 2.79 bits per heavy atom. The molecule has 0 unspecified atom stereocenters. The largest absolute Gasteiger partial charge is 0.367 e. The Kier molecular flexibility index (Phi) is 3.26. The van der Waals surface area contributed by atoms with Gasteiger partial charge in [-0.3, -0.25) is 14.9 Å². The fraction of sp³-hybridized carbons (Fsp3) is 0.375. The van der Waals surface area contributed by atoms with E-state index in [0.717, 1.165) is 30.0 Å². The number of fused-ring (bicyclic) bond motifs is 1. The highest BCUT2D eigenvalue weighted by molar-refractivity contribution is 6.15. The number of carbonyl (C=O) groups is 2. The molecule has 2 aromatic rings. The molecular weight excluding hydrogens is 308 g/mol. The highest BCUT2D eigenvalue weighted by atomic mass is 16.2. The summed E-state index contributed by atoms with van der Waals surface area (Å²) in [7, 11) is 3.86. The molecule has 24 heavy (non-hydrogen) atoms. The zero-order valence-corrected chi connectivity index (χ0v) is 13.5. The van der Waals surface area contributed by atoms with Crippen LogP contribution >= 0.6 is 0 Å². The fourth-order valence-corrected chi connectivity index (χ4v) is 2.65. The second kappa shape index (κ2) is 5.33. The van der Waals surface area contributed by atoms with E-state index in [1.54, 1.807) is 16.8 Å². The van der Waals surface area contributed by atoms with Crippen molar-refractivity contribution < 1.29 is 9.59 Å². The average Bonchev–Trinajstić information content (AvgIpc) is 3.16. The summed E-state index contributed by atoms with van der Waals surface area (Å²) in [5.74, 6) is 1.06. The smallest absolute Gasteiger partial charge is 0.254 e. The van der Waals surface area contributed by atoms with Gasteiger partial charge in [0, 0.05) is 37.3 Å². The topological polar surface area (TPSA) is 91.6 Å². The molecule has 1 aliphatic heterocycles. The minimum Gasteiger partial charge on any atom is -0.367 e. The van der Waals surface area contributed by atoms with Crippen LogP contribution < -0.4 is 15.5 Å². The fourth-order valence-electron chi connectivity index (χ4n) is 2.65. The maximum atomic E-state index is 11.8. The molecule has 2 fully saturated rings. The molecule has 0 aromatic carbocycles. The molecule has 2 amide bonds. The van der Waals surface area contributed by atoms with Crippen molar-refractivity contribution in [2.75, 3.05) is 24.3 Å². The van der Waals surface area contributed by atoms with Gasteiger partial charge in [0.1, 0.15) is 11.6 Å². The normalized spacial score (nSPS) is 19.2. The predicted molar refractivity (Wildman–Crippen MR) is 89.7 cm³/mol. The van der Waals surface area contributed by atoms with E-state index in [4.69, 9.17) is 0 Å². The number of hydrogen-bond acceptors (Lipinski definition) is 6. The van der Waals surface area contributed by atoms with Crippen LogP contribution in [0.4, 0.5) is 11.6 Å². The third kappa shape index (κ3) is 2.60. The molecule has 1 saturated carbocycles. The van der Waals surface area contributed by atoms with Crippen molar-refractivity contribution in [3.63, 3.8) is 0 Å². The summed E-state index contributed by atoms with van der Waals surface area (Å²) in [6, 6.07) is 2.44. The standard InChI is InChI=1S/C16H18N6O2/c1-21(2)12-7-13(18-11-3-4-11)22-15(19-12)10(8-17-22)5-9-6-14(23)20-16(9)24/h5,7-8,11,18H,3-4,6H2,1-2H3,(H,20,23,24). The van der Waals surface area contributed by atoms with Gasteiger partial charge in [-0.05, 0) is 18.9 Å². The summed E-state index contributed by atoms with van der Waals surface area (Å²) in [6.45, 7) is 0. The Morgan fingerprint density at radius 2 is 2.17 bits per heavy atom. The number of nitrogens with one attached hydrogen (secondary N) is 2. The Morgan fingerprint density at radius 1 is 1.38 bits per heavy atom. The minimum absolute atomic E-state index is 0.0940. The molecule has 0 atom stereocenters. The summed E-state index contributed by atoms with van der Waals surface area (Å²) in [6.07, 6.45) is 5.76. The first-order valence-corrected chi connectivity index (χ1v) is 7.88. The summed E-state index contributed by atoms with van der Waals surface area (Å²) >= 11 is 0. The summed E-state index contributed by atoms with van der Waals surface area (Å²) < 4.78 is 1.74. The maximum Gasteiger partial charge on any atom is 0.254 e. The van der Waals surface area contributed by atoms with E-state index in [2.05, 4.69) is 20.7 Å². The number of aromatic nitrogens is 3. The molecule has 4 rings (SSSR count). The first-order chi connectivity index (χ1) is 11.5. The lowest BCUT2D eigenvalue weighted by molar-refractivity contribution is -0.124. The maximum absolute atomic E-state index is 11.8. The Balaban J connectivity index is 1.82. The lowest BCUT2D eigenvalue weighted by Crippen LogP contribution is -2.19. The average molecular weight is 326 g/mol. The number of amides is 2. The first kappa shape index (κ1) is 14.7. The molecule has 2 N–H and O–H groups in total. The van der Waals surface area contributed by atoms with E-state index in [9.17, 15) is 9.59 Å². The van der Waals surface area contributed by atoms with E-state index >= 15 is 0 Å². The second-order valence-corrected chi connectivity index (χ2v) is 6.37. The number of carbonyl (C=O) groups excluding carboxylic acids is 2. The third-order valence-electron chi connectivity index (χ3n) is 4.10. The second-order valence-electron chi connectivity index (χ2n) is 6.37. The van der Waals surface area contributed by atoms with Gasteiger partial charge < -0.3 is 10.2 Å². The predicted octanol–water partition coefficient (Wildman–Crippen LogP) is 0.799. The van der Waals surface area contributed by atoms with Gasteiger partial charge in [-0.15, -0.1) is 0 Å². The highest BCUT2D eigenvalue weighted by Gasteiger charge is 2.25. The van der Waals surface area contributed by atoms with Gasteiger partial charge in [0.25, 0.3) is 5.91 Å². The van der Waals surface area contributed by atoms with Crippen LogP contribution in [0.1, 0.15) is 24.8 Å². The summed E-state index contributed by atoms with van der Waals surface area (Å²) in [5.41, 5.74) is 1.81. The Hall–Kier alpha value is -2.90. The van der Waals surface area contributed by atoms with Crippen LogP contribution in [0, 0.1) is 0 Å². The molecule has 0 spiro atoms. The zero-order chi connectivity index (χ0) is 16.8. The number of imide groups is 1. The van der Waals surface area contributed by atoms with Gasteiger partial charge in [0.2, 0.25) is 5.91 Å². The molecule has 8 heteroatoms. The van der Waals surface area contributed by atoms with Gasteiger partial charge in [-0.1, -0.05) is 0 Å². The molecule has 8 nitrogen and oxygen atoms in total. The number of hydrogen-bond donors (Lipinski definition) is 2. The minimum atomic E-state index is -0.348. The lowest BCUT2D eigenvalue weighted by atomic mass is 10.1. The van der Waals surface area contributed by atoms with Crippen LogP contribution in [0.3, 0.4) is 0 Å². The Labute approximate surface area is 138 Å². The number of anilines is 2. The summed E-state index contributed by atoms with van der Waals surface area (Å²) in [5, 5.41) is 10.1. The van der Waals surface area contributed by atoms with E-state index in [0.29, 0.717) is 17.3 Å². The van der Waals surface area contributed by atoms with Crippen LogP contribution in [-0.2, 0) is 9.59 Å². The quantitative estimate of drug-likeness (QED) is 0.638. The van der Waals surface area contributed by atoms with Crippen LogP contribution in [-0.4, -0.2) is 46.5 Å². The van der Waals surface area contributed by atoms with Crippen molar-refractivity contribution in [1.82, 2.24) is 19.9 Å². The molecule has 2 aliphatic rings. The molecule has 1 aliphatic carbocycles. The van der Waals surface area contributed by atoms with Crippen molar-refractivity contribution in [3.8, 4) is 0 Å². The summed E-state index contributed by atoms with van der Waals surface area (Å²) in [4.78, 5) is 29.7. The van der Waals surface area contributed by atoms with E-state index in [1.807, 2.05) is 25.1 Å². The molecule has 3 heterocycles. The number of nitrogens with zero attached hydrogens (tertiary/aromatic N) is 4. The third-order valence-corrected chi connectivity index (χ3v) is 4.10. The first-order valence-electron chi connectivity index (χ1n) is 7.88. The molecule has 0 radical (unpaired) electrons. The molecule has 0 bridgehead atoms. The molecule has 2 aromatic heterocycles. The van der Waals surface area contributed by atoms with Crippen LogP contribution in [0.25, 0.3) is 11.7 Å². The monoisotopic (exact) mass is 326 g/mol. The molecular formula is C16H18N6O2. The van der Waals surface area contributed by atoms with E-state index in [1.165, 1.54) is 0 Å². The van der Waals surface area contributed by atoms with Gasteiger partial charge in [0.15, 0.2) is 5.65 Å². The van der Waals surface area contributed by atoms with Crippen LogP contribution in [0.2, 0.25) is 0 Å². The Bertz CT molecular complexity index is 878. The highest BCUT2D eigenvalue weighted by Crippen LogP contribution is 2.28. The van der Waals surface area contributed by atoms with E-state index in [-0.39, 0.29) is 18.2 Å². The van der Waals surface area contributed by atoms with Gasteiger partial charge in [0.05, 0.1) is 12.6 Å². The zero-order valence-electron chi connectivity index (χ0n) is 13.5. The van der Waals surface area contributed by atoms with Gasteiger partial charge >= 0.3 is 0 Å². The van der Waals surface area contributed by atoms with E-state index < -0.39 is 0 Å². The SMILES string of the molecule is CN(C)c1cc(NC2CC2)n2ncc(C=C3CC(=O)NC3=O)c2n1. The van der Waals surface area contributed by atoms with Gasteiger partial charge in [-0.25, -0.2) is 4.98 Å². The van der Waals surface area contributed by atoms with Crippen molar-refractivity contribution in [2.24, 2.45) is 0 Å². The molecule has 124 valence electrons. The van der Waals surface area contributed by atoms with Crippen LogP contribution in [0.5, 0.6) is 0 Å².